The third kappa shape index (κ3) is 25.8. The van der Waals surface area contributed by atoms with E-state index in [0.29, 0.717) is 36.1 Å². The van der Waals surface area contributed by atoms with Crippen molar-refractivity contribution in [3.8, 4) is 5.75 Å². The van der Waals surface area contributed by atoms with Crippen molar-refractivity contribution in [2.75, 3.05) is 6.54 Å². The van der Waals surface area contributed by atoms with Gasteiger partial charge in [0.15, 0.2) is 0 Å². The molecule has 462 valence electrons. The number of aromatic nitrogens is 2. The summed E-state index contributed by atoms with van der Waals surface area (Å²) >= 11 is 0. The lowest BCUT2D eigenvalue weighted by atomic mass is 9.99. The van der Waals surface area contributed by atoms with E-state index in [-0.39, 0.29) is 68.6 Å². The maximum Gasteiger partial charge on any atom is 0.326 e. The van der Waals surface area contributed by atoms with Crippen LogP contribution in [0.1, 0.15) is 116 Å². The maximum absolute atomic E-state index is 14.6. The fourth-order valence-corrected chi connectivity index (χ4v) is 8.87. The molecule has 18 N–H and O–H groups in total. The molecule has 84 heavy (non-hydrogen) atoms. The van der Waals surface area contributed by atoms with Crippen LogP contribution in [0.25, 0.3) is 0 Å². The molecule has 9 amide bonds. The molecular formula is C57H85N13O14. The Hall–Kier alpha value is -8.46. The molecule has 27 nitrogen and oxygen atoms in total. The number of hydrogen-bond donors (Lipinski definition) is 15. The monoisotopic (exact) mass is 1180 g/mol. The number of carbonyl (C=O) groups is 11. The van der Waals surface area contributed by atoms with E-state index in [1.165, 1.54) is 36.8 Å². The second kappa shape index (κ2) is 35.5. The first-order valence-corrected chi connectivity index (χ1v) is 28.1. The minimum absolute atomic E-state index is 0.0276. The average molecular weight is 1180 g/mol. The lowest BCUT2D eigenvalue weighted by Gasteiger charge is -2.28. The van der Waals surface area contributed by atoms with Crippen LogP contribution in [0.2, 0.25) is 0 Å². The smallest absolute Gasteiger partial charge is 0.326 e. The normalized spacial score (nSPS) is 14.5. The van der Waals surface area contributed by atoms with Crippen molar-refractivity contribution in [3.05, 3.63) is 83.9 Å². The van der Waals surface area contributed by atoms with Gasteiger partial charge >= 0.3 is 11.9 Å². The number of nitrogens with zero attached hydrogens (tertiary/aromatic N) is 1. The molecule has 3 rings (SSSR count). The zero-order valence-corrected chi connectivity index (χ0v) is 48.5. The zero-order valence-electron chi connectivity index (χ0n) is 48.5. The summed E-state index contributed by atoms with van der Waals surface area (Å²) < 4.78 is 0. The summed E-state index contributed by atoms with van der Waals surface area (Å²) in [6.07, 6.45) is 1.07. The predicted molar refractivity (Wildman–Crippen MR) is 307 cm³/mol. The SMILES string of the molecule is CC(C)C[C@H](NC(=O)[C@H](CCCCN)NC(=O)[C@H](Cc1cnc[nH]1)NC(=O)[C@H](Cc1ccc(O)cc1)NC(=O)[C@H](CCC(=O)O)NC(=O)[C@H](CC(N)=O)NC(=O)[C@H](Cc1ccccc1)NC(=O)[C@H](CC(C)C)NC(=O)[C@@H](N)CC(C)C)C(=O)O. The third-order valence-corrected chi connectivity index (χ3v) is 13.2. The molecule has 0 fully saturated rings. The largest absolute Gasteiger partial charge is 0.508 e. The van der Waals surface area contributed by atoms with Crippen molar-refractivity contribution in [2.24, 2.45) is 35.0 Å². The number of rotatable bonds is 38. The number of hydrogen-bond acceptors (Lipinski definition) is 15. The molecule has 3 aromatic rings. The highest BCUT2D eigenvalue weighted by Gasteiger charge is 2.36. The van der Waals surface area contributed by atoms with Crippen LogP contribution in [0.3, 0.4) is 0 Å². The van der Waals surface area contributed by atoms with E-state index < -0.39 is 139 Å². The van der Waals surface area contributed by atoms with E-state index in [2.05, 4.69) is 52.5 Å². The Bertz CT molecular complexity index is 2660. The Morgan fingerprint density at radius 1 is 0.512 bits per heavy atom. The lowest BCUT2D eigenvalue weighted by molar-refractivity contribution is -0.143. The van der Waals surface area contributed by atoms with Gasteiger partial charge in [-0.05, 0) is 92.5 Å². The van der Waals surface area contributed by atoms with Gasteiger partial charge in [-0.3, -0.25) is 47.9 Å². The van der Waals surface area contributed by atoms with Crippen molar-refractivity contribution in [2.45, 2.75) is 173 Å². The van der Waals surface area contributed by atoms with Gasteiger partial charge in [-0.15, -0.1) is 0 Å². The van der Waals surface area contributed by atoms with Crippen LogP contribution in [0.4, 0.5) is 0 Å². The summed E-state index contributed by atoms with van der Waals surface area (Å²) in [4.78, 5) is 157. The number of carbonyl (C=O) groups excluding carboxylic acids is 9. The van der Waals surface area contributed by atoms with Gasteiger partial charge in [0.1, 0.15) is 54.1 Å². The molecule has 0 aliphatic carbocycles. The summed E-state index contributed by atoms with van der Waals surface area (Å²) in [5.41, 5.74) is 18.7. The zero-order chi connectivity index (χ0) is 62.6. The van der Waals surface area contributed by atoms with Gasteiger partial charge < -0.3 is 80.0 Å². The Kier molecular flexibility index (Phi) is 29.5. The van der Waals surface area contributed by atoms with E-state index in [1.54, 1.807) is 44.2 Å². The molecule has 0 bridgehead atoms. The fourth-order valence-electron chi connectivity index (χ4n) is 8.87. The maximum atomic E-state index is 14.6. The number of carboxylic acid groups (broad SMARTS) is 2. The lowest BCUT2D eigenvalue weighted by Crippen LogP contribution is -2.61. The summed E-state index contributed by atoms with van der Waals surface area (Å²) in [6, 6.07) is 0.949. The van der Waals surface area contributed by atoms with Crippen LogP contribution in [-0.2, 0) is 72.0 Å². The molecule has 27 heteroatoms. The van der Waals surface area contributed by atoms with Crippen LogP contribution >= 0.6 is 0 Å². The number of aromatic hydroxyl groups is 1. The van der Waals surface area contributed by atoms with Crippen LogP contribution in [0.5, 0.6) is 5.75 Å². The van der Waals surface area contributed by atoms with Crippen LogP contribution < -0.4 is 59.7 Å². The van der Waals surface area contributed by atoms with Crippen molar-refractivity contribution < 1.29 is 68.1 Å². The van der Waals surface area contributed by atoms with Crippen LogP contribution in [0, 0.1) is 17.8 Å². The highest BCUT2D eigenvalue weighted by atomic mass is 16.4. The molecular weight excluding hydrogens is 1090 g/mol. The molecule has 0 aliphatic heterocycles. The number of amides is 9. The molecule has 1 heterocycles. The van der Waals surface area contributed by atoms with Crippen LogP contribution in [-0.4, -0.2) is 151 Å². The van der Waals surface area contributed by atoms with E-state index in [0.717, 1.165) is 0 Å². The summed E-state index contributed by atoms with van der Waals surface area (Å²) in [5.74, 6) is -11.5. The van der Waals surface area contributed by atoms with Gasteiger partial charge in [0.2, 0.25) is 53.2 Å². The van der Waals surface area contributed by atoms with E-state index in [4.69, 9.17) is 17.2 Å². The number of primary amides is 1. The minimum Gasteiger partial charge on any atom is -0.508 e. The summed E-state index contributed by atoms with van der Waals surface area (Å²) in [5, 5.41) is 50.1. The predicted octanol–water partition coefficient (Wildman–Crippen LogP) is -0.559. The topological polar surface area (TPSA) is 451 Å². The number of unbranched alkanes of at least 4 members (excludes halogenated alkanes) is 1. The van der Waals surface area contributed by atoms with E-state index >= 15 is 0 Å². The van der Waals surface area contributed by atoms with E-state index in [1.807, 2.05) is 27.7 Å². The quantitative estimate of drug-likeness (QED) is 0.0320. The number of aliphatic carboxylic acids is 2. The van der Waals surface area contributed by atoms with Gasteiger partial charge in [0, 0.05) is 37.6 Å². The Morgan fingerprint density at radius 2 is 0.940 bits per heavy atom. The highest BCUT2D eigenvalue weighted by Crippen LogP contribution is 2.15. The second-order valence-electron chi connectivity index (χ2n) is 22.1. The molecule has 1 aromatic heterocycles. The van der Waals surface area contributed by atoms with Gasteiger partial charge in [-0.2, -0.15) is 0 Å². The number of phenols is 1. The van der Waals surface area contributed by atoms with Crippen molar-refractivity contribution >= 4 is 65.1 Å². The Labute approximate surface area is 488 Å². The minimum atomic E-state index is -1.85. The van der Waals surface area contributed by atoms with Crippen molar-refractivity contribution in [1.29, 1.82) is 0 Å². The first-order chi connectivity index (χ1) is 39.6. The number of aromatic amines is 1. The molecule has 0 spiro atoms. The molecule has 0 aliphatic rings. The standard InChI is InChI=1S/C57H85N13O14/c1-31(2)22-38(59)49(75)65-41(23-32(3)4)52(78)67-42(25-34-12-8-7-9-13-34)54(80)69-45(28-47(60)72)56(82)64-40(19-20-48(73)74)51(77)66-43(26-35-15-17-37(71)18-16-35)53(79)68-44(27-36-29-61-30-62-36)55(81)63-39(14-10-11-21-58)50(76)70-46(57(83)84)24-33(5)6/h7-9,12-13,15-18,29-33,38-46,71H,10-11,14,19-28,58-59H2,1-6H3,(H2,60,72)(H,61,62)(H,63,81)(H,64,82)(H,65,75)(H,66,77)(H,67,78)(H,68,79)(H,69,80)(H,70,76)(H,73,74)(H,83,84)/t38-,39-,40-,41-,42-,43-,44-,45-,46-/m0/s1. The Morgan fingerprint density at radius 3 is 1.42 bits per heavy atom. The first-order valence-electron chi connectivity index (χ1n) is 28.1. The first kappa shape index (κ1) is 69.8. The number of H-pyrrole nitrogens is 1. The molecule has 0 saturated heterocycles. The molecule has 0 unspecified atom stereocenters. The third-order valence-electron chi connectivity index (χ3n) is 13.2. The molecule has 0 saturated carbocycles. The summed E-state index contributed by atoms with van der Waals surface area (Å²) in [6.45, 7) is 11.2. The fraction of sp³-hybridized carbons (Fsp3) is 0.544. The number of phenolic OH excluding ortho intramolecular Hbond substituents is 1. The van der Waals surface area contributed by atoms with E-state index in [9.17, 15) is 68.1 Å². The van der Waals surface area contributed by atoms with Crippen molar-refractivity contribution in [3.63, 3.8) is 0 Å². The molecule has 0 radical (unpaired) electrons. The van der Waals surface area contributed by atoms with Crippen molar-refractivity contribution in [1.82, 2.24) is 52.5 Å². The molecule has 2 aromatic carbocycles. The number of nitrogens with one attached hydrogen (secondary N) is 9. The number of benzene rings is 2. The highest BCUT2D eigenvalue weighted by molar-refractivity contribution is 5.99. The van der Waals surface area contributed by atoms with Gasteiger partial charge in [-0.25, -0.2) is 9.78 Å². The average Bonchev–Trinajstić information content (AvgIpc) is 4.10. The number of nitrogens with two attached hydrogens (primary N) is 3. The van der Waals surface area contributed by atoms with Gasteiger partial charge in [0.05, 0.1) is 18.8 Å². The van der Waals surface area contributed by atoms with Gasteiger partial charge in [-0.1, -0.05) is 84.0 Å². The van der Waals surface area contributed by atoms with Crippen LogP contribution in [0.15, 0.2) is 67.1 Å². The number of carboxylic acids is 2. The second-order valence-corrected chi connectivity index (χ2v) is 22.1. The number of imidazole rings is 1. The summed E-state index contributed by atoms with van der Waals surface area (Å²) in [7, 11) is 0. The molecule has 9 atom stereocenters. The van der Waals surface area contributed by atoms with Gasteiger partial charge in [0.25, 0.3) is 0 Å². The Balaban J connectivity index is 2.02.